The molecule has 1 atom stereocenters. The maximum atomic E-state index is 13.4. The van der Waals surface area contributed by atoms with Gasteiger partial charge in [-0.25, -0.2) is 0 Å². The third kappa shape index (κ3) is 4.28. The molecule has 0 bridgehead atoms. The number of carbonyl (C=O) groups is 3. The van der Waals surface area contributed by atoms with Crippen LogP contribution in [0.5, 0.6) is 0 Å². The number of carbonyl (C=O) groups excluding carboxylic acids is 3. The van der Waals surface area contributed by atoms with Crippen LogP contribution in [0.25, 0.3) is 0 Å². The van der Waals surface area contributed by atoms with E-state index in [1.165, 1.54) is 17.0 Å². The fourth-order valence-corrected chi connectivity index (χ4v) is 4.50. The molecular weight excluding hydrogens is 410 g/mol. The van der Waals surface area contributed by atoms with Crippen LogP contribution in [0.4, 0.5) is 0 Å². The molecule has 172 valence electrons. The molecule has 4 rings (SSSR count). The molecule has 0 aromatic carbocycles. The standard InChI is InChI=1S/C23H31N5O4/c1-3-4-11-27-21(30)19-13-18(20(29)24-14-17-10-7-12-32-17)26-28(19)15-23(27,2)22(31)25-16-8-5-6-9-16/h7,10,12-13,16H,3-6,8-9,11,14-15H2,1-2H3,(H,24,29)(H,25,31). The van der Waals surface area contributed by atoms with Crippen LogP contribution < -0.4 is 10.6 Å². The zero-order valence-electron chi connectivity index (χ0n) is 18.7. The molecule has 2 aliphatic rings. The van der Waals surface area contributed by atoms with Crippen molar-refractivity contribution in [3.05, 3.63) is 41.6 Å². The van der Waals surface area contributed by atoms with E-state index in [1.807, 2.05) is 0 Å². The normalized spacial score (nSPS) is 20.9. The summed E-state index contributed by atoms with van der Waals surface area (Å²) in [5.74, 6) is -0.196. The lowest BCUT2D eigenvalue weighted by atomic mass is 9.94. The highest BCUT2D eigenvalue weighted by Gasteiger charge is 2.48. The van der Waals surface area contributed by atoms with Gasteiger partial charge in [0.2, 0.25) is 5.91 Å². The molecule has 2 aromatic rings. The second-order valence-corrected chi connectivity index (χ2v) is 8.87. The molecule has 2 aromatic heterocycles. The zero-order chi connectivity index (χ0) is 22.7. The van der Waals surface area contributed by atoms with Gasteiger partial charge in [-0.1, -0.05) is 26.2 Å². The summed E-state index contributed by atoms with van der Waals surface area (Å²) in [6.07, 6.45) is 7.40. The SMILES string of the molecule is CCCCN1C(=O)c2cc(C(=O)NCc3ccco3)nn2CC1(C)C(=O)NC1CCCC1. The molecule has 1 unspecified atom stereocenters. The third-order valence-corrected chi connectivity index (χ3v) is 6.45. The minimum atomic E-state index is -1.06. The first-order valence-electron chi connectivity index (χ1n) is 11.4. The van der Waals surface area contributed by atoms with Gasteiger partial charge >= 0.3 is 0 Å². The first kappa shape index (κ1) is 22.1. The number of hydrogen-bond donors (Lipinski definition) is 2. The summed E-state index contributed by atoms with van der Waals surface area (Å²) in [4.78, 5) is 41.0. The fourth-order valence-electron chi connectivity index (χ4n) is 4.50. The van der Waals surface area contributed by atoms with Crippen LogP contribution in [0, 0.1) is 0 Å². The molecule has 9 nitrogen and oxygen atoms in total. The Bertz CT molecular complexity index is 977. The van der Waals surface area contributed by atoms with Crippen molar-refractivity contribution in [2.45, 2.75) is 77.0 Å². The molecule has 0 saturated heterocycles. The minimum Gasteiger partial charge on any atom is -0.467 e. The van der Waals surface area contributed by atoms with Gasteiger partial charge in [0.25, 0.3) is 11.8 Å². The van der Waals surface area contributed by atoms with Crippen molar-refractivity contribution in [3.63, 3.8) is 0 Å². The third-order valence-electron chi connectivity index (χ3n) is 6.45. The van der Waals surface area contributed by atoms with E-state index in [2.05, 4.69) is 22.7 Å². The van der Waals surface area contributed by atoms with E-state index >= 15 is 0 Å². The van der Waals surface area contributed by atoms with Crippen molar-refractivity contribution in [2.24, 2.45) is 0 Å². The van der Waals surface area contributed by atoms with Gasteiger partial charge in [-0.2, -0.15) is 5.10 Å². The summed E-state index contributed by atoms with van der Waals surface area (Å²) in [6.45, 7) is 4.77. The van der Waals surface area contributed by atoms with E-state index in [0.717, 1.165) is 38.5 Å². The highest BCUT2D eigenvalue weighted by atomic mass is 16.3. The largest absolute Gasteiger partial charge is 0.467 e. The monoisotopic (exact) mass is 441 g/mol. The molecule has 9 heteroatoms. The Morgan fingerprint density at radius 1 is 1.31 bits per heavy atom. The van der Waals surface area contributed by atoms with E-state index in [9.17, 15) is 14.4 Å². The van der Waals surface area contributed by atoms with Gasteiger partial charge in [0.05, 0.1) is 19.4 Å². The van der Waals surface area contributed by atoms with Crippen LogP contribution in [0.1, 0.15) is 79.1 Å². The molecule has 0 spiro atoms. The number of nitrogens with zero attached hydrogens (tertiary/aromatic N) is 3. The lowest BCUT2D eigenvalue weighted by Gasteiger charge is -2.43. The molecular formula is C23H31N5O4. The van der Waals surface area contributed by atoms with E-state index < -0.39 is 11.4 Å². The molecule has 1 aliphatic heterocycles. The quantitative estimate of drug-likeness (QED) is 0.654. The smallest absolute Gasteiger partial charge is 0.273 e. The van der Waals surface area contributed by atoms with Gasteiger partial charge in [0, 0.05) is 18.7 Å². The van der Waals surface area contributed by atoms with Gasteiger partial charge in [-0.05, 0) is 38.3 Å². The van der Waals surface area contributed by atoms with E-state index in [0.29, 0.717) is 18.0 Å². The average Bonchev–Trinajstić information content (AvgIpc) is 3.53. The minimum absolute atomic E-state index is 0.149. The number of aromatic nitrogens is 2. The number of furan rings is 1. The molecule has 32 heavy (non-hydrogen) atoms. The van der Waals surface area contributed by atoms with Crippen LogP contribution in [-0.4, -0.2) is 50.5 Å². The molecule has 1 fully saturated rings. The maximum absolute atomic E-state index is 13.4. The second-order valence-electron chi connectivity index (χ2n) is 8.87. The van der Waals surface area contributed by atoms with Gasteiger partial charge < -0.3 is 20.0 Å². The summed E-state index contributed by atoms with van der Waals surface area (Å²) >= 11 is 0. The summed E-state index contributed by atoms with van der Waals surface area (Å²) in [7, 11) is 0. The van der Waals surface area contributed by atoms with Crippen molar-refractivity contribution >= 4 is 17.7 Å². The highest BCUT2D eigenvalue weighted by molar-refractivity contribution is 6.01. The number of amides is 3. The van der Waals surface area contributed by atoms with Crippen LogP contribution in [0.2, 0.25) is 0 Å². The van der Waals surface area contributed by atoms with Crippen LogP contribution in [0.15, 0.2) is 28.9 Å². The van der Waals surface area contributed by atoms with Gasteiger partial charge in [-0.3, -0.25) is 19.1 Å². The topological polar surface area (TPSA) is 109 Å². The van der Waals surface area contributed by atoms with Crippen LogP contribution >= 0.6 is 0 Å². The number of unbranched alkanes of at least 4 members (excludes halogenated alkanes) is 1. The van der Waals surface area contributed by atoms with Crippen molar-refractivity contribution in [2.75, 3.05) is 6.54 Å². The molecule has 2 N–H and O–H groups in total. The van der Waals surface area contributed by atoms with Gasteiger partial charge in [0.15, 0.2) is 5.69 Å². The molecule has 3 heterocycles. The van der Waals surface area contributed by atoms with Crippen molar-refractivity contribution < 1.29 is 18.8 Å². The Morgan fingerprint density at radius 2 is 2.09 bits per heavy atom. The first-order chi connectivity index (χ1) is 15.4. The summed E-state index contributed by atoms with van der Waals surface area (Å²) in [5, 5.41) is 10.3. The highest BCUT2D eigenvalue weighted by Crippen LogP contribution is 2.29. The molecule has 1 saturated carbocycles. The Balaban J connectivity index is 1.56. The Labute approximate surface area is 187 Å². The van der Waals surface area contributed by atoms with E-state index in [-0.39, 0.29) is 36.6 Å². The van der Waals surface area contributed by atoms with Crippen molar-refractivity contribution in [3.8, 4) is 0 Å². The Hall–Kier alpha value is -3.10. The predicted molar refractivity (Wildman–Crippen MR) is 117 cm³/mol. The van der Waals surface area contributed by atoms with Crippen molar-refractivity contribution in [1.29, 1.82) is 0 Å². The number of rotatable bonds is 8. The summed E-state index contributed by atoms with van der Waals surface area (Å²) < 4.78 is 6.73. The van der Waals surface area contributed by atoms with Gasteiger partial charge in [-0.15, -0.1) is 0 Å². The Morgan fingerprint density at radius 3 is 2.78 bits per heavy atom. The maximum Gasteiger partial charge on any atom is 0.273 e. The van der Waals surface area contributed by atoms with Crippen molar-refractivity contribution in [1.82, 2.24) is 25.3 Å². The second kappa shape index (κ2) is 9.18. The zero-order valence-corrected chi connectivity index (χ0v) is 18.7. The van der Waals surface area contributed by atoms with Gasteiger partial charge in [0.1, 0.15) is 17.0 Å². The fraction of sp³-hybridized carbons (Fsp3) is 0.565. The molecule has 3 amide bonds. The number of nitrogens with one attached hydrogen (secondary N) is 2. The lowest BCUT2D eigenvalue weighted by molar-refractivity contribution is -0.133. The molecule has 1 aliphatic carbocycles. The molecule has 0 radical (unpaired) electrons. The van der Waals surface area contributed by atoms with E-state index in [1.54, 1.807) is 24.0 Å². The average molecular weight is 442 g/mol. The lowest BCUT2D eigenvalue weighted by Crippen LogP contribution is -2.65. The predicted octanol–water partition coefficient (Wildman–Crippen LogP) is 2.48. The van der Waals surface area contributed by atoms with Crippen LogP contribution in [0.3, 0.4) is 0 Å². The first-order valence-corrected chi connectivity index (χ1v) is 11.4. The number of hydrogen-bond acceptors (Lipinski definition) is 5. The Kier molecular flexibility index (Phi) is 6.34. The summed E-state index contributed by atoms with van der Waals surface area (Å²) in [6, 6.07) is 5.18. The summed E-state index contributed by atoms with van der Waals surface area (Å²) in [5.41, 5.74) is -0.582. The number of fused-ring (bicyclic) bond motifs is 1. The van der Waals surface area contributed by atoms with E-state index in [4.69, 9.17) is 4.42 Å². The van der Waals surface area contributed by atoms with Crippen LogP contribution in [-0.2, 0) is 17.9 Å².